The molecule has 0 bridgehead atoms. The van der Waals surface area contributed by atoms with Gasteiger partial charge in [-0.25, -0.2) is 0 Å². The topological polar surface area (TPSA) is 50.0 Å². The fourth-order valence-corrected chi connectivity index (χ4v) is 3.69. The van der Waals surface area contributed by atoms with Gasteiger partial charge in [0.15, 0.2) is 5.71 Å². The Bertz CT molecular complexity index is 1030. The van der Waals surface area contributed by atoms with Crippen molar-refractivity contribution in [3.8, 4) is 0 Å². The van der Waals surface area contributed by atoms with E-state index < -0.39 is 0 Å². The summed E-state index contributed by atoms with van der Waals surface area (Å²) in [5, 5.41) is 8.59. The number of hydrogen-bond acceptors (Lipinski definition) is 4. The lowest BCUT2D eigenvalue weighted by Gasteiger charge is -2.07. The lowest BCUT2D eigenvalue weighted by molar-refractivity contribution is -0.111. The molecule has 0 saturated heterocycles. The molecule has 0 aliphatic carbocycles. The predicted octanol–water partition coefficient (Wildman–Crippen LogP) is 2.52. The first-order chi connectivity index (χ1) is 11.2. The van der Waals surface area contributed by atoms with Gasteiger partial charge in [-0.1, -0.05) is 41.7 Å². The average Bonchev–Trinajstić information content (AvgIpc) is 3.02. The highest BCUT2D eigenvalue weighted by molar-refractivity contribution is 7.16. The number of rotatable bonds is 1. The minimum absolute atomic E-state index is 0.126. The highest BCUT2D eigenvalue weighted by atomic mass is 32.1. The fourth-order valence-electron chi connectivity index (χ4n) is 2.72. The number of carbonyl (C=O) groups excluding carboxylic acids is 1. The van der Waals surface area contributed by atoms with Crippen LogP contribution in [0.3, 0.4) is 0 Å². The number of para-hydroxylation sites is 2. The summed E-state index contributed by atoms with van der Waals surface area (Å²) in [6.07, 6.45) is 0. The maximum atomic E-state index is 12.4. The average molecular weight is 322 g/mol. The van der Waals surface area contributed by atoms with Crippen LogP contribution in [-0.2, 0) is 11.8 Å². The SMILES string of the molecule is CN1C(=O)/C(=N\N=c2/sc3ccccc3n2C)c2ccccc21. The highest BCUT2D eigenvalue weighted by Gasteiger charge is 2.31. The van der Waals surface area contributed by atoms with Gasteiger partial charge in [0.05, 0.1) is 15.9 Å². The van der Waals surface area contributed by atoms with Gasteiger partial charge in [-0.05, 0) is 18.2 Å². The van der Waals surface area contributed by atoms with E-state index >= 15 is 0 Å². The van der Waals surface area contributed by atoms with Crippen LogP contribution in [0.25, 0.3) is 10.2 Å². The van der Waals surface area contributed by atoms with E-state index in [0.717, 1.165) is 26.3 Å². The molecule has 23 heavy (non-hydrogen) atoms. The number of fused-ring (bicyclic) bond motifs is 2. The van der Waals surface area contributed by atoms with E-state index in [4.69, 9.17) is 0 Å². The van der Waals surface area contributed by atoms with E-state index in [2.05, 4.69) is 16.3 Å². The number of aryl methyl sites for hydroxylation is 1. The van der Waals surface area contributed by atoms with Crippen molar-refractivity contribution in [2.24, 2.45) is 17.3 Å². The summed E-state index contributed by atoms with van der Waals surface area (Å²) in [4.78, 5) is 14.7. The van der Waals surface area contributed by atoms with Gasteiger partial charge in [0.25, 0.3) is 5.91 Å². The molecule has 0 N–H and O–H groups in total. The van der Waals surface area contributed by atoms with E-state index in [1.54, 1.807) is 23.3 Å². The molecular weight excluding hydrogens is 308 g/mol. The third kappa shape index (κ3) is 2.10. The maximum Gasteiger partial charge on any atom is 0.279 e. The number of nitrogens with zero attached hydrogens (tertiary/aromatic N) is 4. The van der Waals surface area contributed by atoms with Crippen LogP contribution in [0.4, 0.5) is 5.69 Å². The minimum Gasteiger partial charge on any atom is -0.318 e. The number of aromatic nitrogens is 1. The van der Waals surface area contributed by atoms with Crippen LogP contribution in [0.15, 0.2) is 58.7 Å². The van der Waals surface area contributed by atoms with Crippen molar-refractivity contribution < 1.29 is 4.79 Å². The number of benzene rings is 2. The largest absolute Gasteiger partial charge is 0.318 e. The Hall–Kier alpha value is -2.73. The Kier molecular flexibility index (Phi) is 3.12. The number of thiazole rings is 1. The predicted molar refractivity (Wildman–Crippen MR) is 92.7 cm³/mol. The Morgan fingerprint density at radius 2 is 1.70 bits per heavy atom. The van der Waals surface area contributed by atoms with E-state index in [0.29, 0.717) is 5.71 Å². The normalized spacial score (nSPS) is 16.6. The van der Waals surface area contributed by atoms with Crippen LogP contribution in [0.1, 0.15) is 5.56 Å². The summed E-state index contributed by atoms with van der Waals surface area (Å²) >= 11 is 1.55. The third-order valence-electron chi connectivity index (χ3n) is 3.98. The summed E-state index contributed by atoms with van der Waals surface area (Å²) in [5.74, 6) is -0.126. The molecule has 0 unspecified atom stereocenters. The standard InChI is InChI=1S/C17H14N4OS/c1-20-12-8-4-3-7-11(12)15(16(20)22)18-19-17-21(2)13-9-5-6-10-14(13)23-17/h3-10H,1-2H3/b18-15-,19-17-. The molecule has 2 heterocycles. The number of likely N-dealkylation sites (N-methyl/N-ethyl adjacent to an activating group) is 1. The number of amides is 1. The zero-order chi connectivity index (χ0) is 16.0. The fraction of sp³-hybridized carbons (Fsp3) is 0.118. The number of anilines is 1. The number of carbonyl (C=O) groups is 1. The monoisotopic (exact) mass is 322 g/mol. The van der Waals surface area contributed by atoms with Gasteiger partial charge < -0.3 is 9.47 Å². The smallest absolute Gasteiger partial charge is 0.279 e. The van der Waals surface area contributed by atoms with Gasteiger partial charge >= 0.3 is 0 Å². The highest BCUT2D eigenvalue weighted by Crippen LogP contribution is 2.27. The molecule has 6 heteroatoms. The number of hydrogen-bond donors (Lipinski definition) is 0. The van der Waals surface area contributed by atoms with Gasteiger partial charge in [-0.15, -0.1) is 10.2 Å². The molecule has 1 amide bonds. The first-order valence-corrected chi connectivity index (χ1v) is 8.02. The van der Waals surface area contributed by atoms with Crippen molar-refractivity contribution in [2.75, 3.05) is 11.9 Å². The lowest BCUT2D eigenvalue weighted by atomic mass is 10.1. The van der Waals surface area contributed by atoms with E-state index in [1.165, 1.54) is 0 Å². The van der Waals surface area contributed by atoms with Gasteiger partial charge in [-0.2, -0.15) is 0 Å². The maximum absolute atomic E-state index is 12.4. The van der Waals surface area contributed by atoms with Crippen LogP contribution < -0.4 is 9.70 Å². The van der Waals surface area contributed by atoms with Crippen molar-refractivity contribution in [2.45, 2.75) is 0 Å². The molecule has 3 aromatic rings. The molecule has 0 fully saturated rings. The first-order valence-electron chi connectivity index (χ1n) is 7.20. The van der Waals surface area contributed by atoms with Crippen molar-refractivity contribution >= 4 is 38.9 Å². The molecule has 0 radical (unpaired) electrons. The van der Waals surface area contributed by atoms with E-state index in [9.17, 15) is 4.79 Å². The molecule has 1 aliphatic rings. The molecule has 5 nitrogen and oxygen atoms in total. The Labute approximate surface area is 136 Å². The summed E-state index contributed by atoms with van der Waals surface area (Å²) in [6, 6.07) is 15.7. The van der Waals surface area contributed by atoms with Gasteiger partial charge in [0, 0.05) is 19.7 Å². The van der Waals surface area contributed by atoms with Crippen LogP contribution in [0.2, 0.25) is 0 Å². The van der Waals surface area contributed by atoms with E-state index in [-0.39, 0.29) is 5.91 Å². The molecule has 0 atom stereocenters. The third-order valence-corrected chi connectivity index (χ3v) is 5.08. The molecule has 1 aliphatic heterocycles. The zero-order valence-electron chi connectivity index (χ0n) is 12.7. The molecular formula is C17H14N4OS. The van der Waals surface area contributed by atoms with Crippen molar-refractivity contribution in [1.29, 1.82) is 0 Å². The summed E-state index contributed by atoms with van der Waals surface area (Å²) in [5.41, 5.74) is 3.19. The van der Waals surface area contributed by atoms with Crippen molar-refractivity contribution in [1.82, 2.24) is 4.57 Å². The quantitative estimate of drug-likeness (QED) is 0.635. The van der Waals surface area contributed by atoms with Crippen LogP contribution in [0, 0.1) is 0 Å². The Morgan fingerprint density at radius 3 is 2.52 bits per heavy atom. The molecule has 4 rings (SSSR count). The second-order valence-electron chi connectivity index (χ2n) is 5.34. The minimum atomic E-state index is -0.126. The first kappa shape index (κ1) is 13.9. The Balaban J connectivity index is 1.87. The summed E-state index contributed by atoms with van der Waals surface area (Å²) in [6.45, 7) is 0. The molecule has 1 aromatic heterocycles. The van der Waals surface area contributed by atoms with Crippen LogP contribution in [-0.4, -0.2) is 23.2 Å². The van der Waals surface area contributed by atoms with Crippen LogP contribution in [0.5, 0.6) is 0 Å². The van der Waals surface area contributed by atoms with Crippen molar-refractivity contribution in [3.05, 3.63) is 58.9 Å². The molecule has 0 spiro atoms. The zero-order valence-corrected chi connectivity index (χ0v) is 13.5. The van der Waals surface area contributed by atoms with Crippen LogP contribution >= 0.6 is 11.3 Å². The molecule has 0 saturated carbocycles. The van der Waals surface area contributed by atoms with Gasteiger partial charge in [0.2, 0.25) is 4.80 Å². The molecule has 114 valence electrons. The van der Waals surface area contributed by atoms with E-state index in [1.807, 2.05) is 54.1 Å². The van der Waals surface area contributed by atoms with Gasteiger partial charge in [-0.3, -0.25) is 4.79 Å². The second kappa shape index (κ2) is 5.17. The Morgan fingerprint density at radius 1 is 0.957 bits per heavy atom. The van der Waals surface area contributed by atoms with Gasteiger partial charge in [0.1, 0.15) is 0 Å². The molecule has 2 aromatic carbocycles. The summed E-state index contributed by atoms with van der Waals surface area (Å²) < 4.78 is 3.13. The second-order valence-corrected chi connectivity index (χ2v) is 6.35. The summed E-state index contributed by atoms with van der Waals surface area (Å²) in [7, 11) is 3.71. The van der Waals surface area contributed by atoms with Crippen molar-refractivity contribution in [3.63, 3.8) is 0 Å². The lowest BCUT2D eigenvalue weighted by Crippen LogP contribution is -2.25.